The van der Waals surface area contributed by atoms with Crippen molar-refractivity contribution in [2.24, 2.45) is 0 Å². The SMILES string of the molecule is CS(=O)(=O)c1cccc(-c2cccc(-c3c(Cl)cnc4c(C(F)(F)F)cccc34)c2)c1. The van der Waals surface area contributed by atoms with Crippen LogP contribution in [0.2, 0.25) is 5.02 Å². The van der Waals surface area contributed by atoms with Crippen LogP contribution in [0.15, 0.2) is 77.8 Å². The molecule has 3 nitrogen and oxygen atoms in total. The Hall–Kier alpha value is -2.90. The van der Waals surface area contributed by atoms with Gasteiger partial charge >= 0.3 is 6.18 Å². The number of fused-ring (bicyclic) bond motifs is 1. The van der Waals surface area contributed by atoms with Crippen molar-refractivity contribution in [3.05, 3.63) is 83.5 Å². The number of hydrogen-bond donors (Lipinski definition) is 0. The molecule has 0 aliphatic carbocycles. The zero-order valence-electron chi connectivity index (χ0n) is 16.1. The lowest BCUT2D eigenvalue weighted by Gasteiger charge is -2.14. The lowest BCUT2D eigenvalue weighted by molar-refractivity contribution is -0.136. The van der Waals surface area contributed by atoms with Crippen LogP contribution >= 0.6 is 11.6 Å². The minimum Gasteiger partial charge on any atom is -0.254 e. The summed E-state index contributed by atoms with van der Waals surface area (Å²) >= 11 is 6.36. The molecule has 0 amide bonds. The second-order valence-electron chi connectivity index (χ2n) is 7.06. The number of aromatic nitrogens is 1. The van der Waals surface area contributed by atoms with Crippen LogP contribution in [0.4, 0.5) is 13.2 Å². The molecule has 4 rings (SSSR count). The molecule has 0 unspecified atom stereocenters. The van der Waals surface area contributed by atoms with Crippen LogP contribution in [0.1, 0.15) is 5.56 Å². The van der Waals surface area contributed by atoms with E-state index in [9.17, 15) is 21.6 Å². The number of pyridine rings is 1. The van der Waals surface area contributed by atoms with Crippen molar-refractivity contribution in [3.63, 3.8) is 0 Å². The molecule has 0 bridgehead atoms. The van der Waals surface area contributed by atoms with Gasteiger partial charge in [0.2, 0.25) is 0 Å². The largest absolute Gasteiger partial charge is 0.418 e. The normalized spacial score (nSPS) is 12.3. The quantitative estimate of drug-likeness (QED) is 0.343. The zero-order valence-corrected chi connectivity index (χ0v) is 17.7. The second-order valence-corrected chi connectivity index (χ2v) is 9.48. The zero-order chi connectivity index (χ0) is 22.4. The van der Waals surface area contributed by atoms with Gasteiger partial charge in [-0.25, -0.2) is 8.42 Å². The molecule has 8 heteroatoms. The van der Waals surface area contributed by atoms with E-state index in [1.54, 1.807) is 48.5 Å². The van der Waals surface area contributed by atoms with Gasteiger partial charge in [0, 0.05) is 23.4 Å². The lowest BCUT2D eigenvalue weighted by atomic mass is 9.96. The van der Waals surface area contributed by atoms with Gasteiger partial charge in [-0.15, -0.1) is 0 Å². The van der Waals surface area contributed by atoms with Crippen molar-refractivity contribution in [2.45, 2.75) is 11.1 Å². The first-order valence-corrected chi connectivity index (χ1v) is 11.4. The van der Waals surface area contributed by atoms with Gasteiger partial charge in [-0.1, -0.05) is 54.1 Å². The fraction of sp³-hybridized carbons (Fsp3) is 0.0870. The molecule has 0 aliphatic heterocycles. The molecule has 0 radical (unpaired) electrons. The Morgan fingerprint density at radius 3 is 2.16 bits per heavy atom. The number of benzene rings is 3. The second kappa shape index (κ2) is 7.66. The van der Waals surface area contributed by atoms with Gasteiger partial charge in [-0.3, -0.25) is 4.98 Å². The van der Waals surface area contributed by atoms with Crippen LogP contribution in [-0.4, -0.2) is 19.7 Å². The van der Waals surface area contributed by atoms with Crippen molar-refractivity contribution in [1.29, 1.82) is 0 Å². The maximum absolute atomic E-state index is 13.5. The molecule has 0 spiro atoms. The summed E-state index contributed by atoms with van der Waals surface area (Å²) in [5.74, 6) is 0. The molecule has 4 aromatic rings. The third-order valence-corrected chi connectivity index (χ3v) is 6.30. The van der Waals surface area contributed by atoms with E-state index < -0.39 is 21.6 Å². The molecule has 158 valence electrons. The van der Waals surface area contributed by atoms with E-state index in [0.29, 0.717) is 22.3 Å². The van der Waals surface area contributed by atoms with Crippen LogP contribution in [0.3, 0.4) is 0 Å². The van der Waals surface area contributed by atoms with E-state index in [-0.39, 0.29) is 20.8 Å². The van der Waals surface area contributed by atoms with Gasteiger partial charge in [0.05, 0.1) is 21.0 Å². The van der Waals surface area contributed by atoms with Crippen molar-refractivity contribution >= 4 is 32.3 Å². The van der Waals surface area contributed by atoms with Gasteiger partial charge in [-0.2, -0.15) is 13.2 Å². The van der Waals surface area contributed by atoms with Gasteiger partial charge in [-0.05, 0) is 41.0 Å². The number of halogens is 4. The van der Waals surface area contributed by atoms with Crippen LogP contribution < -0.4 is 0 Å². The van der Waals surface area contributed by atoms with Crippen molar-refractivity contribution in [1.82, 2.24) is 4.98 Å². The third kappa shape index (κ3) is 4.16. The summed E-state index contributed by atoms with van der Waals surface area (Å²) in [5, 5.41) is 0.498. The van der Waals surface area contributed by atoms with Crippen molar-refractivity contribution < 1.29 is 21.6 Å². The highest BCUT2D eigenvalue weighted by atomic mass is 35.5. The number of nitrogens with zero attached hydrogens (tertiary/aromatic N) is 1. The molecule has 31 heavy (non-hydrogen) atoms. The van der Waals surface area contributed by atoms with E-state index in [4.69, 9.17) is 11.6 Å². The van der Waals surface area contributed by atoms with Crippen molar-refractivity contribution in [2.75, 3.05) is 6.26 Å². The van der Waals surface area contributed by atoms with Gasteiger partial charge in [0.1, 0.15) is 0 Å². The minimum absolute atomic E-state index is 0.178. The Balaban J connectivity index is 1.92. The third-order valence-electron chi connectivity index (χ3n) is 4.90. The molecular formula is C23H15ClF3NO2S. The van der Waals surface area contributed by atoms with Gasteiger partial charge < -0.3 is 0 Å². The van der Waals surface area contributed by atoms with Crippen LogP contribution in [0.25, 0.3) is 33.2 Å². The summed E-state index contributed by atoms with van der Waals surface area (Å²) in [5.41, 5.74) is 1.38. The smallest absolute Gasteiger partial charge is 0.254 e. The topological polar surface area (TPSA) is 47.0 Å². The average Bonchev–Trinajstić information content (AvgIpc) is 2.72. The predicted octanol–water partition coefficient (Wildman–Crippen LogP) is 6.64. The van der Waals surface area contributed by atoms with Crippen molar-refractivity contribution in [3.8, 4) is 22.3 Å². The minimum atomic E-state index is -4.55. The highest BCUT2D eigenvalue weighted by Gasteiger charge is 2.33. The lowest BCUT2D eigenvalue weighted by Crippen LogP contribution is -2.06. The molecule has 0 aliphatic rings. The van der Waals surface area contributed by atoms with Crippen LogP contribution in [0, 0.1) is 0 Å². The number of alkyl halides is 3. The first-order valence-electron chi connectivity index (χ1n) is 9.11. The summed E-state index contributed by atoms with van der Waals surface area (Å²) in [6.07, 6.45) is -2.21. The number of hydrogen-bond acceptors (Lipinski definition) is 3. The summed E-state index contributed by atoms with van der Waals surface area (Å²) in [7, 11) is -3.39. The van der Waals surface area contributed by atoms with Gasteiger partial charge in [0.25, 0.3) is 0 Å². The Morgan fingerprint density at radius 1 is 0.871 bits per heavy atom. The molecule has 1 aromatic heterocycles. The fourth-order valence-corrected chi connectivity index (χ4v) is 4.41. The number of sulfone groups is 1. The summed E-state index contributed by atoms with van der Waals surface area (Å²) < 4.78 is 64.1. The molecule has 0 fully saturated rings. The van der Waals surface area contributed by atoms with Crippen LogP contribution in [-0.2, 0) is 16.0 Å². The fourth-order valence-electron chi connectivity index (χ4n) is 3.48. The number of rotatable bonds is 3. The van der Waals surface area contributed by atoms with Gasteiger partial charge in [0.15, 0.2) is 9.84 Å². The molecule has 3 aromatic carbocycles. The Bertz CT molecular complexity index is 1420. The molecule has 0 saturated heterocycles. The Labute approximate surface area is 182 Å². The van der Waals surface area contributed by atoms with E-state index in [2.05, 4.69) is 4.98 Å². The summed E-state index contributed by atoms with van der Waals surface area (Å²) in [4.78, 5) is 4.11. The summed E-state index contributed by atoms with van der Waals surface area (Å²) in [6, 6.07) is 17.4. The summed E-state index contributed by atoms with van der Waals surface area (Å²) in [6.45, 7) is 0. The Morgan fingerprint density at radius 2 is 1.48 bits per heavy atom. The van der Waals surface area contributed by atoms with E-state index >= 15 is 0 Å². The monoisotopic (exact) mass is 461 g/mol. The standard InChI is InChI=1S/C23H15ClF3NO2S/c1-31(29,30)17-8-3-6-15(12-17)14-5-2-7-16(11-14)21-18-9-4-10-19(23(25,26)27)22(18)28-13-20(21)24/h2-13H,1H3. The highest BCUT2D eigenvalue weighted by Crippen LogP contribution is 2.40. The first kappa shape index (κ1) is 21.3. The van der Waals surface area contributed by atoms with E-state index in [1.165, 1.54) is 18.3 Å². The maximum atomic E-state index is 13.5. The molecule has 0 N–H and O–H groups in total. The highest BCUT2D eigenvalue weighted by molar-refractivity contribution is 7.90. The molecule has 0 atom stereocenters. The molecule has 0 saturated carbocycles. The maximum Gasteiger partial charge on any atom is 0.418 e. The Kier molecular flexibility index (Phi) is 5.27. The molecule has 1 heterocycles. The predicted molar refractivity (Wildman–Crippen MR) is 116 cm³/mol. The van der Waals surface area contributed by atoms with E-state index in [0.717, 1.165) is 12.3 Å². The molecular weight excluding hydrogens is 447 g/mol. The average molecular weight is 462 g/mol. The number of para-hydroxylation sites is 1. The first-order chi connectivity index (χ1) is 14.6. The van der Waals surface area contributed by atoms with E-state index in [1.807, 2.05) is 0 Å². The van der Waals surface area contributed by atoms with Crippen LogP contribution in [0.5, 0.6) is 0 Å².